The van der Waals surface area contributed by atoms with E-state index in [9.17, 15) is 0 Å². The number of hydrogen-bond donors (Lipinski definition) is 0. The van der Waals surface area contributed by atoms with Gasteiger partial charge in [0.15, 0.2) is 0 Å². The Labute approximate surface area is 361 Å². The smallest absolute Gasteiger partial charge is 0.0580 e. The van der Waals surface area contributed by atoms with Gasteiger partial charge in [-0.05, 0) is 141 Å². The van der Waals surface area contributed by atoms with Crippen molar-refractivity contribution in [2.75, 3.05) is 9.80 Å². The molecule has 2 unspecified atom stereocenters. The Morgan fingerprint density at radius 2 is 1.20 bits per heavy atom. The fraction of sp³-hybridized carbons (Fsp3) is 0.186. The van der Waals surface area contributed by atoms with E-state index in [0.29, 0.717) is 11.8 Å². The molecule has 0 N–H and O–H groups in total. The average Bonchev–Trinajstić information content (AvgIpc) is 3.49. The van der Waals surface area contributed by atoms with E-state index >= 15 is 0 Å². The van der Waals surface area contributed by atoms with E-state index < -0.39 is 0 Å². The van der Waals surface area contributed by atoms with Gasteiger partial charge in [0.2, 0.25) is 0 Å². The molecule has 0 spiro atoms. The highest BCUT2D eigenvalue weighted by Gasteiger charge is 2.46. The van der Waals surface area contributed by atoms with Crippen molar-refractivity contribution in [1.82, 2.24) is 0 Å². The summed E-state index contributed by atoms with van der Waals surface area (Å²) >= 11 is 0. The molecule has 0 aromatic heterocycles. The lowest BCUT2D eigenvalue weighted by Crippen LogP contribution is -2.44. The highest BCUT2D eigenvalue weighted by molar-refractivity contribution is 6.03. The normalized spacial score (nSPS) is 20.1. The molecule has 11 rings (SSSR count). The summed E-state index contributed by atoms with van der Waals surface area (Å²) in [5, 5.41) is 5.01. The van der Waals surface area contributed by atoms with E-state index in [1.165, 1.54) is 88.8 Å². The molecule has 0 amide bonds. The molecule has 0 radical (unpaired) electrons. The van der Waals surface area contributed by atoms with Crippen LogP contribution in [0.5, 0.6) is 0 Å². The van der Waals surface area contributed by atoms with Crippen molar-refractivity contribution in [2.45, 2.75) is 64.0 Å². The summed E-state index contributed by atoms with van der Waals surface area (Å²) < 4.78 is 0. The van der Waals surface area contributed by atoms with Crippen molar-refractivity contribution in [1.29, 1.82) is 0 Å². The molecule has 0 saturated heterocycles. The Bertz CT molecular complexity index is 3090. The standard InChI is InChI=1S/C59H52N2/c1-57(2)33-31-41-13-7-11-17-55(41)60(57)46-26-24-43-36-45(23-22-44(43)37-46)49-29-25-40(48-15-9-10-16-50(48)49)21-19-39-20-28-51-52-30-27-47(38-54(52)59(5,6)53(51)35-39)61-56-18-12-8-14-42(56)32-34-58(61,3)4/h7-38,52,54H,1-6H3/b21-19+. The quantitative estimate of drug-likeness (QED) is 0.160. The maximum atomic E-state index is 2.56. The van der Waals surface area contributed by atoms with Gasteiger partial charge in [-0.3, -0.25) is 0 Å². The zero-order valence-corrected chi connectivity index (χ0v) is 36.0. The van der Waals surface area contributed by atoms with Gasteiger partial charge in [0, 0.05) is 28.7 Å². The fourth-order valence-corrected chi connectivity index (χ4v) is 10.9. The fourth-order valence-electron chi connectivity index (χ4n) is 10.9. The van der Waals surface area contributed by atoms with Crippen molar-refractivity contribution in [3.63, 3.8) is 0 Å². The summed E-state index contributed by atoms with van der Waals surface area (Å²) in [6.07, 6.45) is 21.2. The Hall–Kier alpha value is -6.64. The van der Waals surface area contributed by atoms with Crippen LogP contribution in [0.25, 0.3) is 57.0 Å². The molecule has 2 aliphatic heterocycles. The molecule has 7 aromatic carbocycles. The molecule has 2 heterocycles. The highest BCUT2D eigenvalue weighted by Crippen LogP contribution is 2.55. The predicted octanol–water partition coefficient (Wildman–Crippen LogP) is 15.5. The molecule has 298 valence electrons. The SMILES string of the molecule is CC1(C)c2cc(/C=C/c3ccc(-c4ccc5cc(N6c7ccccc7C=CC6(C)C)ccc5c4)c4ccccc34)ccc2C2C=CC(N3c4ccccc4C=CC3(C)C)=CC21. The van der Waals surface area contributed by atoms with Gasteiger partial charge in [0.1, 0.15) is 0 Å². The maximum absolute atomic E-state index is 2.56. The molecule has 7 aromatic rings. The Balaban J connectivity index is 0.881. The maximum Gasteiger partial charge on any atom is 0.0580 e. The van der Waals surface area contributed by atoms with Crippen molar-refractivity contribution in [3.8, 4) is 11.1 Å². The van der Waals surface area contributed by atoms with Gasteiger partial charge in [-0.15, -0.1) is 0 Å². The lowest BCUT2D eigenvalue weighted by atomic mass is 9.73. The highest BCUT2D eigenvalue weighted by atomic mass is 15.2. The van der Waals surface area contributed by atoms with Gasteiger partial charge < -0.3 is 9.80 Å². The largest absolute Gasteiger partial charge is 0.332 e. The number of nitrogens with zero attached hydrogens (tertiary/aromatic N) is 2. The molecule has 2 aliphatic carbocycles. The minimum Gasteiger partial charge on any atom is -0.332 e. The van der Waals surface area contributed by atoms with Crippen LogP contribution in [0.2, 0.25) is 0 Å². The van der Waals surface area contributed by atoms with E-state index in [-0.39, 0.29) is 16.5 Å². The van der Waals surface area contributed by atoms with E-state index in [0.717, 1.165) is 0 Å². The van der Waals surface area contributed by atoms with Crippen molar-refractivity contribution in [3.05, 3.63) is 209 Å². The van der Waals surface area contributed by atoms with E-state index in [1.807, 2.05) is 0 Å². The van der Waals surface area contributed by atoms with Crippen LogP contribution in [0.15, 0.2) is 176 Å². The minimum absolute atomic E-state index is 0.0160. The van der Waals surface area contributed by atoms with Crippen molar-refractivity contribution < 1.29 is 0 Å². The van der Waals surface area contributed by atoms with Gasteiger partial charge in [0.25, 0.3) is 0 Å². The molecule has 4 aliphatic rings. The van der Waals surface area contributed by atoms with E-state index in [2.05, 4.69) is 246 Å². The lowest BCUT2D eigenvalue weighted by Gasteiger charge is -2.44. The Morgan fingerprint density at radius 3 is 1.97 bits per heavy atom. The summed E-state index contributed by atoms with van der Waals surface area (Å²) in [7, 11) is 0. The molecule has 0 fully saturated rings. The molecule has 2 nitrogen and oxygen atoms in total. The lowest BCUT2D eigenvalue weighted by molar-refractivity contribution is 0.390. The summed E-state index contributed by atoms with van der Waals surface area (Å²) in [6.45, 7) is 14.1. The van der Waals surface area contributed by atoms with Crippen molar-refractivity contribution >= 4 is 62.9 Å². The second-order valence-corrected chi connectivity index (χ2v) is 19.2. The first-order chi connectivity index (χ1) is 29.5. The first kappa shape index (κ1) is 37.4. The van der Waals surface area contributed by atoms with Gasteiger partial charge >= 0.3 is 0 Å². The molecule has 2 atom stereocenters. The van der Waals surface area contributed by atoms with Crippen LogP contribution in [0.1, 0.15) is 80.8 Å². The van der Waals surface area contributed by atoms with Crippen LogP contribution in [-0.2, 0) is 5.41 Å². The molecule has 61 heavy (non-hydrogen) atoms. The van der Waals surface area contributed by atoms with Crippen LogP contribution >= 0.6 is 0 Å². The predicted molar refractivity (Wildman–Crippen MR) is 262 cm³/mol. The van der Waals surface area contributed by atoms with E-state index in [1.54, 1.807) is 0 Å². The zero-order chi connectivity index (χ0) is 41.7. The van der Waals surface area contributed by atoms with Crippen LogP contribution in [0, 0.1) is 5.92 Å². The minimum atomic E-state index is -0.135. The molecule has 2 heteroatoms. The first-order valence-corrected chi connectivity index (χ1v) is 21.9. The van der Waals surface area contributed by atoms with Gasteiger partial charge in [-0.25, -0.2) is 0 Å². The van der Waals surface area contributed by atoms with Gasteiger partial charge in [-0.1, -0.05) is 172 Å². The number of fused-ring (bicyclic) bond motifs is 7. The second kappa shape index (κ2) is 13.7. The summed E-state index contributed by atoms with van der Waals surface area (Å²) in [6, 6.07) is 51.9. The number of anilines is 3. The molecule has 0 saturated carbocycles. The third kappa shape index (κ3) is 6.06. The van der Waals surface area contributed by atoms with Crippen molar-refractivity contribution in [2.24, 2.45) is 5.92 Å². The average molecular weight is 789 g/mol. The monoisotopic (exact) mass is 788 g/mol. The van der Waals surface area contributed by atoms with Crippen LogP contribution < -0.4 is 9.80 Å². The first-order valence-electron chi connectivity index (χ1n) is 21.9. The third-order valence-corrected chi connectivity index (χ3v) is 14.1. The Kier molecular flexibility index (Phi) is 8.39. The third-order valence-electron chi connectivity index (χ3n) is 14.1. The molecule has 0 bridgehead atoms. The van der Waals surface area contributed by atoms with E-state index in [4.69, 9.17) is 0 Å². The number of hydrogen-bond acceptors (Lipinski definition) is 2. The van der Waals surface area contributed by atoms with Gasteiger partial charge in [-0.2, -0.15) is 0 Å². The Morgan fingerprint density at radius 1 is 0.541 bits per heavy atom. The summed E-state index contributed by atoms with van der Waals surface area (Å²) in [5.74, 6) is 0.747. The number of benzene rings is 7. The van der Waals surface area contributed by atoms with Crippen LogP contribution in [0.3, 0.4) is 0 Å². The number of allylic oxidation sites excluding steroid dienone is 3. The summed E-state index contributed by atoms with van der Waals surface area (Å²) in [4.78, 5) is 4.99. The summed E-state index contributed by atoms with van der Waals surface area (Å²) in [5.41, 5.74) is 15.1. The molecular formula is C59H52N2. The second-order valence-electron chi connectivity index (χ2n) is 19.2. The topological polar surface area (TPSA) is 6.48 Å². The van der Waals surface area contributed by atoms with Gasteiger partial charge in [0.05, 0.1) is 11.1 Å². The zero-order valence-electron chi connectivity index (χ0n) is 36.0. The van der Waals surface area contributed by atoms with Crippen LogP contribution in [-0.4, -0.2) is 11.1 Å². The molecular weight excluding hydrogens is 737 g/mol. The number of para-hydroxylation sites is 2. The van der Waals surface area contributed by atoms with Crippen LogP contribution in [0.4, 0.5) is 17.1 Å². The number of rotatable bonds is 5.